The van der Waals surface area contributed by atoms with Gasteiger partial charge in [0.2, 0.25) is 5.91 Å². The fraction of sp³-hybridized carbons (Fsp3) is 0.455. The van der Waals surface area contributed by atoms with E-state index in [0.717, 1.165) is 21.6 Å². The molecule has 2 aliphatic heterocycles. The average molecular weight is 636 g/mol. The minimum absolute atomic E-state index is 0.0353. The summed E-state index contributed by atoms with van der Waals surface area (Å²) in [6, 6.07) is 9.98. The van der Waals surface area contributed by atoms with Gasteiger partial charge in [-0.25, -0.2) is 9.59 Å². The van der Waals surface area contributed by atoms with Crippen LogP contribution in [0.3, 0.4) is 0 Å². The van der Waals surface area contributed by atoms with Gasteiger partial charge in [-0.2, -0.15) is 0 Å². The largest absolute Gasteiger partial charge is 0.497 e. The smallest absolute Gasteiger partial charge is 0.331 e. The number of ether oxygens (including phenoxy) is 4. The molecule has 1 atom stereocenters. The molecule has 1 aromatic heterocycles. The van der Waals surface area contributed by atoms with E-state index in [2.05, 4.69) is 5.32 Å². The Morgan fingerprint density at radius 2 is 1.72 bits per heavy atom. The van der Waals surface area contributed by atoms with E-state index in [0.29, 0.717) is 56.0 Å². The number of para-hydroxylation sites is 1. The molecular formula is C33H41N5O8. The lowest BCUT2D eigenvalue weighted by Crippen LogP contribution is -2.51. The van der Waals surface area contributed by atoms with Crippen molar-refractivity contribution in [1.29, 1.82) is 0 Å². The first kappa shape index (κ1) is 32.6. The highest BCUT2D eigenvalue weighted by Gasteiger charge is 2.32. The average Bonchev–Trinajstić information content (AvgIpc) is 3.23. The first-order chi connectivity index (χ1) is 22.2. The molecule has 1 saturated heterocycles. The maximum atomic E-state index is 13.7. The fourth-order valence-corrected chi connectivity index (χ4v) is 6.30. The van der Waals surface area contributed by atoms with Gasteiger partial charge in [-0.15, -0.1) is 0 Å². The van der Waals surface area contributed by atoms with E-state index in [1.54, 1.807) is 37.1 Å². The number of amides is 3. The lowest BCUT2D eigenvalue weighted by atomic mass is 10.0. The lowest BCUT2D eigenvalue weighted by Gasteiger charge is -2.38. The van der Waals surface area contributed by atoms with Crippen molar-refractivity contribution in [3.63, 3.8) is 0 Å². The number of rotatable bonds is 10. The molecule has 0 bridgehead atoms. The Balaban J connectivity index is 1.35. The number of fused-ring (bicyclic) bond motifs is 1. The van der Waals surface area contributed by atoms with Crippen LogP contribution in [0.25, 0.3) is 11.1 Å². The molecule has 3 amide bonds. The number of nitrogens with one attached hydrogen (secondary N) is 1. The standard InChI is InChI=1S/C33H41N5O8/c1-21(20-43-2)38-31(40)26(25-7-6-8-28(45-4)30(25)46-5)18-36(33(38)42)19-29(39)35-14-12-23(13-15-35)37-16-11-22-17-24(44-3)9-10-27(22)34-32(37)41/h6-10,17-18,21,23H,11-16,19-20H2,1-5H3,(H,34,41). The van der Waals surface area contributed by atoms with Gasteiger partial charge in [0.15, 0.2) is 11.5 Å². The molecule has 3 heterocycles. The van der Waals surface area contributed by atoms with Crippen molar-refractivity contribution in [3.8, 4) is 28.4 Å². The third-order valence-corrected chi connectivity index (χ3v) is 8.73. The van der Waals surface area contributed by atoms with Crippen LogP contribution >= 0.6 is 0 Å². The van der Waals surface area contributed by atoms with Crippen molar-refractivity contribution < 1.29 is 28.5 Å². The Kier molecular flexibility index (Phi) is 10.0. The van der Waals surface area contributed by atoms with Crippen molar-refractivity contribution in [1.82, 2.24) is 18.9 Å². The van der Waals surface area contributed by atoms with Crippen LogP contribution in [0, 0.1) is 0 Å². The summed E-state index contributed by atoms with van der Waals surface area (Å²) in [7, 11) is 6.08. The van der Waals surface area contributed by atoms with E-state index in [1.165, 1.54) is 32.1 Å². The summed E-state index contributed by atoms with van der Waals surface area (Å²) in [4.78, 5) is 57.6. The van der Waals surface area contributed by atoms with Crippen LogP contribution < -0.4 is 30.8 Å². The van der Waals surface area contributed by atoms with Crippen molar-refractivity contribution in [3.05, 3.63) is 69.0 Å². The second-order valence-electron chi connectivity index (χ2n) is 11.5. The third-order valence-electron chi connectivity index (χ3n) is 8.73. The first-order valence-corrected chi connectivity index (χ1v) is 15.3. The third kappa shape index (κ3) is 6.45. The van der Waals surface area contributed by atoms with Crippen LogP contribution in [0.4, 0.5) is 10.5 Å². The molecule has 1 fully saturated rings. The Labute approximate surface area is 267 Å². The van der Waals surface area contributed by atoms with Crippen molar-refractivity contribution in [2.24, 2.45) is 0 Å². The van der Waals surface area contributed by atoms with Crippen molar-refractivity contribution in [2.75, 3.05) is 60.0 Å². The van der Waals surface area contributed by atoms with E-state index >= 15 is 0 Å². The molecule has 1 N–H and O–H groups in total. The monoisotopic (exact) mass is 635 g/mol. The van der Waals surface area contributed by atoms with E-state index in [4.69, 9.17) is 18.9 Å². The Bertz CT molecular complexity index is 1710. The number of likely N-dealkylation sites (tertiary alicyclic amines) is 1. The number of hydrogen-bond donors (Lipinski definition) is 1. The zero-order chi connectivity index (χ0) is 33.0. The van der Waals surface area contributed by atoms with Crippen LogP contribution in [0.2, 0.25) is 0 Å². The van der Waals surface area contributed by atoms with E-state index < -0.39 is 17.3 Å². The lowest BCUT2D eigenvalue weighted by molar-refractivity contribution is -0.133. The van der Waals surface area contributed by atoms with Gasteiger partial charge in [0, 0.05) is 50.2 Å². The number of benzene rings is 2. The topological polar surface area (TPSA) is 134 Å². The van der Waals surface area contributed by atoms with Gasteiger partial charge in [-0.1, -0.05) is 12.1 Å². The number of carbonyl (C=O) groups is 2. The number of nitrogens with zero attached hydrogens (tertiary/aromatic N) is 4. The van der Waals surface area contributed by atoms with Gasteiger partial charge < -0.3 is 34.1 Å². The molecule has 46 heavy (non-hydrogen) atoms. The minimum Gasteiger partial charge on any atom is -0.497 e. The summed E-state index contributed by atoms with van der Waals surface area (Å²) in [6.45, 7) is 2.99. The van der Waals surface area contributed by atoms with Gasteiger partial charge in [0.05, 0.1) is 39.5 Å². The number of urea groups is 1. The molecule has 0 saturated carbocycles. The van der Waals surface area contributed by atoms with Gasteiger partial charge in [0.25, 0.3) is 5.56 Å². The molecule has 13 heteroatoms. The molecular weight excluding hydrogens is 594 g/mol. The molecule has 2 aliphatic rings. The van der Waals surface area contributed by atoms with E-state index in [1.807, 2.05) is 23.1 Å². The number of carbonyl (C=O) groups excluding carboxylic acids is 2. The van der Waals surface area contributed by atoms with E-state index in [-0.39, 0.29) is 36.7 Å². The predicted molar refractivity (Wildman–Crippen MR) is 172 cm³/mol. The van der Waals surface area contributed by atoms with Crippen LogP contribution in [-0.2, 0) is 22.5 Å². The van der Waals surface area contributed by atoms with Gasteiger partial charge >= 0.3 is 11.7 Å². The van der Waals surface area contributed by atoms with Crippen molar-refractivity contribution >= 4 is 17.6 Å². The Hall–Kier alpha value is -4.78. The molecule has 3 aromatic rings. The molecule has 13 nitrogen and oxygen atoms in total. The maximum absolute atomic E-state index is 13.7. The highest BCUT2D eigenvalue weighted by molar-refractivity contribution is 5.91. The van der Waals surface area contributed by atoms with Crippen LogP contribution in [0.1, 0.15) is 31.4 Å². The highest BCUT2D eigenvalue weighted by atomic mass is 16.5. The maximum Gasteiger partial charge on any atom is 0.331 e. The number of hydrogen-bond acceptors (Lipinski definition) is 8. The van der Waals surface area contributed by atoms with Crippen LogP contribution in [-0.4, -0.2) is 91.6 Å². The summed E-state index contributed by atoms with van der Waals surface area (Å²) in [5, 5.41) is 3.02. The number of methoxy groups -OCH3 is 4. The summed E-state index contributed by atoms with van der Waals surface area (Å²) >= 11 is 0. The van der Waals surface area contributed by atoms with Gasteiger partial charge in [-0.3, -0.25) is 18.7 Å². The molecule has 0 aliphatic carbocycles. The number of aromatic nitrogens is 2. The first-order valence-electron chi connectivity index (χ1n) is 15.3. The Morgan fingerprint density at radius 1 is 0.957 bits per heavy atom. The predicted octanol–water partition coefficient (Wildman–Crippen LogP) is 2.99. The van der Waals surface area contributed by atoms with Crippen LogP contribution in [0.5, 0.6) is 17.2 Å². The second-order valence-corrected chi connectivity index (χ2v) is 11.5. The SMILES string of the molecule is COCC(C)n1c(=O)c(-c2cccc(OC)c2OC)cn(CC(=O)N2CCC(N3CCc4cc(OC)ccc4NC3=O)CC2)c1=O. The zero-order valence-corrected chi connectivity index (χ0v) is 26.9. The molecule has 246 valence electrons. The molecule has 1 unspecified atom stereocenters. The molecule has 5 rings (SSSR count). The number of anilines is 1. The summed E-state index contributed by atoms with van der Waals surface area (Å²) in [5.41, 5.74) is 1.28. The van der Waals surface area contributed by atoms with Gasteiger partial charge in [-0.05, 0) is 56.0 Å². The Morgan fingerprint density at radius 3 is 2.39 bits per heavy atom. The summed E-state index contributed by atoms with van der Waals surface area (Å²) in [6.07, 6.45) is 3.30. The molecule has 0 radical (unpaired) electrons. The second kappa shape index (κ2) is 14.1. The van der Waals surface area contributed by atoms with E-state index in [9.17, 15) is 19.2 Å². The molecule has 0 spiro atoms. The summed E-state index contributed by atoms with van der Waals surface area (Å²) in [5.74, 6) is 1.25. The van der Waals surface area contributed by atoms with Crippen molar-refractivity contribution in [2.45, 2.75) is 44.8 Å². The zero-order valence-electron chi connectivity index (χ0n) is 26.9. The number of piperidine rings is 1. The fourth-order valence-electron chi connectivity index (χ4n) is 6.30. The van der Waals surface area contributed by atoms with Crippen LogP contribution in [0.15, 0.2) is 52.2 Å². The quantitative estimate of drug-likeness (QED) is 0.360. The minimum atomic E-state index is -0.610. The highest BCUT2D eigenvalue weighted by Crippen LogP contribution is 2.36. The molecule has 2 aromatic carbocycles. The normalized spacial score (nSPS) is 15.9. The van der Waals surface area contributed by atoms with Gasteiger partial charge in [0.1, 0.15) is 12.3 Å². The summed E-state index contributed by atoms with van der Waals surface area (Å²) < 4.78 is 24.0.